The molecular weight excluding hydrogens is 308 g/mol. The first-order chi connectivity index (χ1) is 10.0. The lowest BCUT2D eigenvalue weighted by molar-refractivity contribution is 0.563. The van der Waals surface area contributed by atoms with E-state index in [2.05, 4.69) is 4.98 Å². The Morgan fingerprint density at radius 2 is 2.00 bits per heavy atom. The van der Waals surface area contributed by atoms with Gasteiger partial charge >= 0.3 is 0 Å². The number of para-hydroxylation sites is 1. The minimum Gasteiger partial charge on any atom is -0.263 e. The summed E-state index contributed by atoms with van der Waals surface area (Å²) in [7, 11) is -3.72. The van der Waals surface area contributed by atoms with E-state index in [1.54, 1.807) is 6.07 Å². The molecule has 1 aromatic carbocycles. The molecular formula is C15H15ClN2O2S. The third-order valence-corrected chi connectivity index (χ3v) is 6.10. The SMILES string of the molecule is CC1CCc2ccccc2N1S(=O)(=O)c1cccnc1Cl. The molecule has 2 aromatic rings. The Balaban J connectivity index is 2.17. The first-order valence-electron chi connectivity index (χ1n) is 6.74. The zero-order chi connectivity index (χ0) is 15.0. The van der Waals surface area contributed by atoms with E-state index < -0.39 is 10.0 Å². The molecule has 2 heterocycles. The summed E-state index contributed by atoms with van der Waals surface area (Å²) in [6.07, 6.45) is 3.15. The van der Waals surface area contributed by atoms with Crippen molar-refractivity contribution in [3.63, 3.8) is 0 Å². The zero-order valence-corrected chi connectivity index (χ0v) is 13.1. The molecule has 0 amide bonds. The fourth-order valence-corrected chi connectivity index (χ4v) is 4.85. The molecule has 21 heavy (non-hydrogen) atoms. The van der Waals surface area contributed by atoms with E-state index in [1.807, 2.05) is 31.2 Å². The Kier molecular flexibility index (Phi) is 3.63. The molecule has 3 rings (SSSR count). The predicted octanol–water partition coefficient (Wildman–Crippen LogP) is 3.27. The van der Waals surface area contributed by atoms with Gasteiger partial charge < -0.3 is 0 Å². The number of nitrogens with zero attached hydrogens (tertiary/aromatic N) is 2. The van der Waals surface area contributed by atoms with Crippen molar-refractivity contribution in [3.8, 4) is 0 Å². The van der Waals surface area contributed by atoms with Crippen molar-refractivity contribution in [2.45, 2.75) is 30.7 Å². The van der Waals surface area contributed by atoms with Crippen LogP contribution in [0.25, 0.3) is 0 Å². The fraction of sp³-hybridized carbons (Fsp3) is 0.267. The number of sulfonamides is 1. The number of benzene rings is 1. The summed E-state index contributed by atoms with van der Waals surface area (Å²) < 4.78 is 27.4. The Labute approximate surface area is 129 Å². The molecule has 1 aromatic heterocycles. The molecule has 1 aliphatic heterocycles. The number of aryl methyl sites for hydroxylation is 1. The van der Waals surface area contributed by atoms with Crippen LogP contribution in [-0.4, -0.2) is 19.4 Å². The van der Waals surface area contributed by atoms with Gasteiger partial charge in [-0.2, -0.15) is 0 Å². The first kappa shape index (κ1) is 14.4. The van der Waals surface area contributed by atoms with Crippen molar-refractivity contribution in [1.29, 1.82) is 0 Å². The summed E-state index contributed by atoms with van der Waals surface area (Å²) in [5.41, 5.74) is 1.77. The van der Waals surface area contributed by atoms with Crippen molar-refractivity contribution in [2.24, 2.45) is 0 Å². The highest BCUT2D eigenvalue weighted by Crippen LogP contribution is 2.36. The zero-order valence-electron chi connectivity index (χ0n) is 11.5. The standard InChI is InChI=1S/C15H15ClN2O2S/c1-11-8-9-12-5-2-3-6-13(12)18(11)21(19,20)14-7-4-10-17-15(14)16/h2-7,10-11H,8-9H2,1H3. The van der Waals surface area contributed by atoms with Gasteiger partial charge in [-0.3, -0.25) is 4.31 Å². The van der Waals surface area contributed by atoms with Gasteiger partial charge in [-0.15, -0.1) is 0 Å². The van der Waals surface area contributed by atoms with E-state index >= 15 is 0 Å². The van der Waals surface area contributed by atoms with Gasteiger partial charge in [0.15, 0.2) is 0 Å². The Morgan fingerprint density at radius 3 is 2.76 bits per heavy atom. The van der Waals surface area contributed by atoms with E-state index in [1.165, 1.54) is 16.6 Å². The molecule has 0 saturated carbocycles. The average molecular weight is 323 g/mol. The first-order valence-corrected chi connectivity index (χ1v) is 8.56. The average Bonchev–Trinajstić information content (AvgIpc) is 2.47. The largest absolute Gasteiger partial charge is 0.267 e. The highest BCUT2D eigenvalue weighted by Gasteiger charge is 2.34. The van der Waals surface area contributed by atoms with Crippen molar-refractivity contribution < 1.29 is 8.42 Å². The number of anilines is 1. The lowest BCUT2D eigenvalue weighted by atomic mass is 9.99. The highest BCUT2D eigenvalue weighted by atomic mass is 35.5. The van der Waals surface area contributed by atoms with Gasteiger partial charge in [0, 0.05) is 12.2 Å². The summed E-state index contributed by atoms with van der Waals surface area (Å²) in [6, 6.07) is 10.6. The molecule has 1 atom stereocenters. The van der Waals surface area contributed by atoms with Gasteiger partial charge in [-0.1, -0.05) is 29.8 Å². The van der Waals surface area contributed by atoms with Gasteiger partial charge in [0.05, 0.1) is 5.69 Å². The molecule has 0 saturated heterocycles. The summed E-state index contributed by atoms with van der Waals surface area (Å²) in [5.74, 6) is 0. The maximum Gasteiger partial charge on any atom is 0.267 e. The minimum absolute atomic E-state index is 0.00718. The van der Waals surface area contributed by atoms with Crippen LogP contribution in [0.15, 0.2) is 47.5 Å². The number of hydrogen-bond acceptors (Lipinski definition) is 3. The van der Waals surface area contributed by atoms with E-state index in [0.717, 1.165) is 24.1 Å². The fourth-order valence-electron chi connectivity index (χ4n) is 2.69. The van der Waals surface area contributed by atoms with E-state index in [9.17, 15) is 8.42 Å². The number of rotatable bonds is 2. The third-order valence-electron chi connectivity index (χ3n) is 3.72. The molecule has 0 N–H and O–H groups in total. The molecule has 6 heteroatoms. The number of fused-ring (bicyclic) bond motifs is 1. The van der Waals surface area contributed by atoms with Gasteiger partial charge in [0.2, 0.25) is 0 Å². The van der Waals surface area contributed by atoms with Crippen LogP contribution in [0.2, 0.25) is 5.15 Å². The van der Waals surface area contributed by atoms with Crippen LogP contribution in [-0.2, 0) is 16.4 Å². The Morgan fingerprint density at radius 1 is 1.24 bits per heavy atom. The van der Waals surface area contributed by atoms with Crippen molar-refractivity contribution in [2.75, 3.05) is 4.31 Å². The second kappa shape index (κ2) is 5.31. The topological polar surface area (TPSA) is 50.3 Å². The minimum atomic E-state index is -3.72. The van der Waals surface area contributed by atoms with E-state index in [0.29, 0.717) is 0 Å². The van der Waals surface area contributed by atoms with Crippen LogP contribution >= 0.6 is 11.6 Å². The molecule has 1 unspecified atom stereocenters. The van der Waals surface area contributed by atoms with E-state index in [-0.39, 0.29) is 16.1 Å². The van der Waals surface area contributed by atoms with Gasteiger partial charge in [0.1, 0.15) is 10.0 Å². The van der Waals surface area contributed by atoms with Crippen LogP contribution in [0.1, 0.15) is 18.9 Å². The summed E-state index contributed by atoms with van der Waals surface area (Å²) in [4.78, 5) is 3.93. The van der Waals surface area contributed by atoms with Crippen LogP contribution in [0.3, 0.4) is 0 Å². The molecule has 110 valence electrons. The number of hydrogen-bond donors (Lipinski definition) is 0. The lowest BCUT2D eigenvalue weighted by Gasteiger charge is -2.36. The second-order valence-corrected chi connectivity index (χ2v) is 7.25. The molecule has 1 aliphatic rings. The van der Waals surface area contributed by atoms with Crippen molar-refractivity contribution >= 4 is 27.3 Å². The maximum atomic E-state index is 13.0. The second-order valence-electron chi connectivity index (χ2n) is 5.11. The van der Waals surface area contributed by atoms with E-state index in [4.69, 9.17) is 11.6 Å². The Hall–Kier alpha value is -1.59. The monoisotopic (exact) mass is 322 g/mol. The molecule has 0 fully saturated rings. The van der Waals surface area contributed by atoms with Crippen LogP contribution < -0.4 is 4.31 Å². The molecule has 0 radical (unpaired) electrons. The molecule has 0 aliphatic carbocycles. The van der Waals surface area contributed by atoms with Gasteiger partial charge in [0.25, 0.3) is 10.0 Å². The number of pyridine rings is 1. The molecule has 0 bridgehead atoms. The normalized spacial score (nSPS) is 18.4. The van der Waals surface area contributed by atoms with Gasteiger partial charge in [-0.25, -0.2) is 13.4 Å². The summed E-state index contributed by atoms with van der Waals surface area (Å²) in [5, 5.41) is 0.00718. The maximum absolute atomic E-state index is 13.0. The summed E-state index contributed by atoms with van der Waals surface area (Å²) >= 11 is 5.99. The summed E-state index contributed by atoms with van der Waals surface area (Å²) in [6.45, 7) is 1.91. The third kappa shape index (κ3) is 2.40. The van der Waals surface area contributed by atoms with Crippen molar-refractivity contribution in [1.82, 2.24) is 4.98 Å². The smallest absolute Gasteiger partial charge is 0.263 e. The Bertz CT molecular complexity index is 777. The predicted molar refractivity (Wildman–Crippen MR) is 83.1 cm³/mol. The molecule has 0 spiro atoms. The van der Waals surface area contributed by atoms with Crippen molar-refractivity contribution in [3.05, 3.63) is 53.3 Å². The van der Waals surface area contributed by atoms with Crippen LogP contribution in [0, 0.1) is 0 Å². The van der Waals surface area contributed by atoms with Crippen LogP contribution in [0.4, 0.5) is 5.69 Å². The molecule has 4 nitrogen and oxygen atoms in total. The quantitative estimate of drug-likeness (QED) is 0.797. The highest BCUT2D eigenvalue weighted by molar-refractivity contribution is 7.93. The lowest BCUT2D eigenvalue weighted by Crippen LogP contribution is -2.42. The van der Waals surface area contributed by atoms with Crippen LogP contribution in [0.5, 0.6) is 0 Å². The number of aromatic nitrogens is 1. The number of halogens is 1. The van der Waals surface area contributed by atoms with Gasteiger partial charge in [-0.05, 0) is 43.5 Å².